The molecular weight excluding hydrogens is 374 g/mol. The first-order valence-electron chi connectivity index (χ1n) is 9.46. The van der Waals surface area contributed by atoms with Crippen molar-refractivity contribution in [1.82, 2.24) is 15.2 Å². The molecule has 0 unspecified atom stereocenters. The van der Waals surface area contributed by atoms with Crippen LogP contribution in [-0.4, -0.2) is 34.9 Å². The van der Waals surface area contributed by atoms with Crippen molar-refractivity contribution < 1.29 is 9.21 Å². The topological polar surface area (TPSA) is 58.4 Å². The molecule has 1 N–H and O–H groups in total. The number of nitrogens with one attached hydrogen (secondary N) is 1. The smallest absolute Gasteiger partial charge is 0.251 e. The van der Waals surface area contributed by atoms with Crippen LogP contribution in [0.4, 0.5) is 0 Å². The predicted octanol–water partition coefficient (Wildman–Crippen LogP) is 4.39. The van der Waals surface area contributed by atoms with Gasteiger partial charge < -0.3 is 9.73 Å². The van der Waals surface area contributed by atoms with Crippen molar-refractivity contribution in [3.8, 4) is 11.3 Å². The molecule has 2 aromatic carbocycles. The van der Waals surface area contributed by atoms with Crippen LogP contribution in [0.5, 0.6) is 0 Å². The fourth-order valence-corrected chi connectivity index (χ4v) is 3.63. The van der Waals surface area contributed by atoms with Crippen molar-refractivity contribution in [1.29, 1.82) is 0 Å². The number of piperidine rings is 1. The lowest BCUT2D eigenvalue weighted by Gasteiger charge is -2.31. The molecule has 3 aromatic rings. The Labute approximate surface area is 169 Å². The van der Waals surface area contributed by atoms with Gasteiger partial charge in [0.1, 0.15) is 0 Å². The Morgan fingerprint density at radius 1 is 1.14 bits per heavy atom. The maximum absolute atomic E-state index is 12.3. The molecule has 144 valence electrons. The summed E-state index contributed by atoms with van der Waals surface area (Å²) < 4.78 is 5.90. The van der Waals surface area contributed by atoms with Crippen LogP contribution in [-0.2, 0) is 6.54 Å². The van der Waals surface area contributed by atoms with Gasteiger partial charge in [-0.25, -0.2) is 4.98 Å². The lowest BCUT2D eigenvalue weighted by atomic mass is 10.0. The summed E-state index contributed by atoms with van der Waals surface area (Å²) >= 11 is 6.05. The van der Waals surface area contributed by atoms with Crippen molar-refractivity contribution in [3.05, 3.63) is 77.3 Å². The zero-order valence-electron chi connectivity index (χ0n) is 15.5. The standard InChI is InChI=1S/C22H22ClN3O2/c23-18-8-4-7-17(13-18)20-14-24-21(28-20)15-26-11-9-19(10-12-26)25-22(27)16-5-2-1-3-6-16/h1-8,13-14,19H,9-12,15H2,(H,25,27). The first-order chi connectivity index (χ1) is 13.7. The minimum atomic E-state index is -0.00193. The normalized spacial score (nSPS) is 15.5. The quantitative estimate of drug-likeness (QED) is 0.696. The number of oxazole rings is 1. The van der Waals surface area contributed by atoms with Gasteiger partial charge in [-0.2, -0.15) is 0 Å². The highest BCUT2D eigenvalue weighted by Crippen LogP contribution is 2.24. The van der Waals surface area contributed by atoms with Crippen LogP contribution in [0.25, 0.3) is 11.3 Å². The van der Waals surface area contributed by atoms with E-state index in [1.807, 2.05) is 54.6 Å². The van der Waals surface area contributed by atoms with Crippen molar-refractivity contribution in [2.45, 2.75) is 25.4 Å². The first kappa shape index (κ1) is 18.7. The number of rotatable bonds is 5. The summed E-state index contributed by atoms with van der Waals surface area (Å²) in [5.74, 6) is 1.42. The maximum Gasteiger partial charge on any atom is 0.251 e. The molecule has 1 aliphatic heterocycles. The van der Waals surface area contributed by atoms with E-state index < -0.39 is 0 Å². The third kappa shape index (κ3) is 4.61. The Balaban J connectivity index is 1.28. The van der Waals surface area contributed by atoms with E-state index in [1.54, 1.807) is 6.20 Å². The van der Waals surface area contributed by atoms with Crippen LogP contribution in [0.2, 0.25) is 5.02 Å². The average Bonchev–Trinajstić information content (AvgIpc) is 3.19. The van der Waals surface area contributed by atoms with Gasteiger partial charge in [-0.15, -0.1) is 0 Å². The lowest BCUT2D eigenvalue weighted by Crippen LogP contribution is -2.44. The van der Waals surface area contributed by atoms with Gasteiger partial charge in [0.15, 0.2) is 5.76 Å². The molecule has 1 amide bonds. The number of hydrogen-bond donors (Lipinski definition) is 1. The van der Waals surface area contributed by atoms with Gasteiger partial charge in [0, 0.05) is 35.3 Å². The number of likely N-dealkylation sites (tertiary alicyclic amines) is 1. The predicted molar refractivity (Wildman–Crippen MR) is 109 cm³/mol. The first-order valence-corrected chi connectivity index (χ1v) is 9.84. The molecule has 0 saturated carbocycles. The summed E-state index contributed by atoms with van der Waals surface area (Å²) in [6.45, 7) is 2.46. The molecule has 1 fully saturated rings. The Morgan fingerprint density at radius 3 is 2.68 bits per heavy atom. The molecule has 5 nitrogen and oxygen atoms in total. The van der Waals surface area contributed by atoms with E-state index >= 15 is 0 Å². The van der Waals surface area contributed by atoms with Crippen molar-refractivity contribution in [3.63, 3.8) is 0 Å². The number of carbonyl (C=O) groups excluding carboxylic acids is 1. The van der Waals surface area contributed by atoms with E-state index in [-0.39, 0.29) is 11.9 Å². The fraction of sp³-hybridized carbons (Fsp3) is 0.273. The van der Waals surface area contributed by atoms with Gasteiger partial charge >= 0.3 is 0 Å². The molecular formula is C22H22ClN3O2. The SMILES string of the molecule is O=C(NC1CCN(Cc2ncc(-c3cccc(Cl)c3)o2)CC1)c1ccccc1. The third-order valence-corrected chi connectivity index (χ3v) is 5.22. The Morgan fingerprint density at radius 2 is 1.93 bits per heavy atom. The zero-order chi connectivity index (χ0) is 19.3. The van der Waals surface area contributed by atoms with Gasteiger partial charge in [-0.1, -0.05) is 41.9 Å². The average molecular weight is 396 g/mol. The molecule has 6 heteroatoms. The van der Waals surface area contributed by atoms with E-state index in [9.17, 15) is 4.79 Å². The zero-order valence-corrected chi connectivity index (χ0v) is 16.2. The fourth-order valence-electron chi connectivity index (χ4n) is 3.44. The molecule has 1 aromatic heterocycles. The summed E-state index contributed by atoms with van der Waals surface area (Å²) in [5.41, 5.74) is 1.63. The minimum absolute atomic E-state index is 0.00193. The minimum Gasteiger partial charge on any atom is -0.439 e. The van der Waals surface area contributed by atoms with Gasteiger partial charge in [-0.05, 0) is 37.1 Å². The summed E-state index contributed by atoms with van der Waals surface area (Å²) in [6.07, 6.45) is 3.58. The van der Waals surface area contributed by atoms with Crippen LogP contribution < -0.4 is 5.32 Å². The summed E-state index contributed by atoms with van der Waals surface area (Å²) in [5, 5.41) is 3.81. The highest BCUT2D eigenvalue weighted by molar-refractivity contribution is 6.30. The van der Waals surface area contributed by atoms with E-state index in [4.69, 9.17) is 16.0 Å². The summed E-state index contributed by atoms with van der Waals surface area (Å²) in [6, 6.07) is 17.1. The molecule has 0 radical (unpaired) electrons. The molecule has 28 heavy (non-hydrogen) atoms. The molecule has 4 rings (SSSR count). The number of benzene rings is 2. The number of carbonyl (C=O) groups is 1. The van der Waals surface area contributed by atoms with Crippen LogP contribution >= 0.6 is 11.6 Å². The monoisotopic (exact) mass is 395 g/mol. The molecule has 0 bridgehead atoms. The second-order valence-corrected chi connectivity index (χ2v) is 7.45. The molecule has 0 atom stereocenters. The molecule has 1 aliphatic rings. The highest BCUT2D eigenvalue weighted by Gasteiger charge is 2.22. The molecule has 0 aliphatic carbocycles. The van der Waals surface area contributed by atoms with E-state index in [0.717, 1.165) is 37.3 Å². The van der Waals surface area contributed by atoms with Gasteiger partial charge in [0.05, 0.1) is 12.7 Å². The van der Waals surface area contributed by atoms with E-state index in [0.29, 0.717) is 23.0 Å². The summed E-state index contributed by atoms with van der Waals surface area (Å²) in [4.78, 5) is 19.0. The molecule has 2 heterocycles. The third-order valence-electron chi connectivity index (χ3n) is 4.98. The molecule has 1 saturated heterocycles. The second kappa shape index (κ2) is 8.59. The van der Waals surface area contributed by atoms with Crippen molar-refractivity contribution >= 4 is 17.5 Å². The Kier molecular flexibility index (Phi) is 5.74. The number of amides is 1. The van der Waals surface area contributed by atoms with Crippen molar-refractivity contribution in [2.24, 2.45) is 0 Å². The number of nitrogens with zero attached hydrogens (tertiary/aromatic N) is 2. The number of halogens is 1. The van der Waals surface area contributed by atoms with Gasteiger partial charge in [0.2, 0.25) is 5.89 Å². The second-order valence-electron chi connectivity index (χ2n) is 7.02. The Hall–Kier alpha value is -2.63. The van der Waals surface area contributed by atoms with Crippen molar-refractivity contribution in [2.75, 3.05) is 13.1 Å². The van der Waals surface area contributed by atoms with Crippen LogP contribution in [0.1, 0.15) is 29.1 Å². The maximum atomic E-state index is 12.3. The Bertz CT molecular complexity index is 934. The van der Waals surface area contributed by atoms with Gasteiger partial charge in [-0.3, -0.25) is 9.69 Å². The highest BCUT2D eigenvalue weighted by atomic mass is 35.5. The van der Waals surface area contributed by atoms with Crippen LogP contribution in [0, 0.1) is 0 Å². The van der Waals surface area contributed by atoms with Crippen LogP contribution in [0.15, 0.2) is 65.2 Å². The summed E-state index contributed by atoms with van der Waals surface area (Å²) in [7, 11) is 0. The number of hydrogen-bond acceptors (Lipinski definition) is 4. The van der Waals surface area contributed by atoms with Crippen LogP contribution in [0.3, 0.4) is 0 Å². The van der Waals surface area contributed by atoms with Gasteiger partial charge in [0.25, 0.3) is 5.91 Å². The lowest BCUT2D eigenvalue weighted by molar-refractivity contribution is 0.0905. The van der Waals surface area contributed by atoms with E-state index in [1.165, 1.54) is 0 Å². The van der Waals surface area contributed by atoms with E-state index in [2.05, 4.69) is 15.2 Å². The molecule has 0 spiro atoms. The largest absolute Gasteiger partial charge is 0.439 e. The number of aromatic nitrogens is 1.